The number of anilines is 2. The maximum Gasteiger partial charge on any atom is 0.264 e. The third kappa shape index (κ3) is 6.34. The molecule has 1 aliphatic rings. The molecule has 1 heterocycles. The van der Waals surface area contributed by atoms with Gasteiger partial charge in [0.1, 0.15) is 6.54 Å². The minimum absolute atomic E-state index is 0.151. The quantitative estimate of drug-likeness (QED) is 0.420. The zero-order valence-corrected chi connectivity index (χ0v) is 23.0. The van der Waals surface area contributed by atoms with E-state index >= 15 is 0 Å². The molecule has 0 saturated carbocycles. The smallest absolute Gasteiger partial charge is 0.264 e. The Bertz CT molecular complexity index is 1320. The molecule has 1 N–H and O–H groups in total. The number of hydrogen-bond acceptors (Lipinski definition) is 4. The number of carbonyl (C=O) groups is 1. The van der Waals surface area contributed by atoms with E-state index in [0.29, 0.717) is 5.69 Å². The van der Waals surface area contributed by atoms with E-state index in [2.05, 4.69) is 29.3 Å². The monoisotopic (exact) mass is 519 g/mol. The van der Waals surface area contributed by atoms with Gasteiger partial charge in [0.05, 0.1) is 16.6 Å². The van der Waals surface area contributed by atoms with Crippen LogP contribution in [-0.2, 0) is 14.8 Å². The first kappa shape index (κ1) is 26.7. The van der Waals surface area contributed by atoms with E-state index in [-0.39, 0.29) is 23.4 Å². The molecule has 0 spiro atoms. The molecule has 0 aromatic heterocycles. The van der Waals surface area contributed by atoms with E-state index < -0.39 is 10.0 Å². The standard InChI is InChI=1S/C30H37N3O3S/c1-22-16-18-32(19-17-22)27-13-11-26(12-14-27)25(4)31-30(34)21-33(29-15-10-23(2)20-24(29)3)37(35,36)28-8-6-5-7-9-28/h5-15,20,22,25H,16-19,21H2,1-4H3,(H,31,34). The summed E-state index contributed by atoms with van der Waals surface area (Å²) in [6.07, 6.45) is 2.41. The Morgan fingerprint density at radius 2 is 1.65 bits per heavy atom. The Labute approximate surface area is 221 Å². The van der Waals surface area contributed by atoms with E-state index in [9.17, 15) is 13.2 Å². The average Bonchev–Trinajstić information content (AvgIpc) is 2.89. The van der Waals surface area contributed by atoms with E-state index in [0.717, 1.165) is 35.7 Å². The Balaban J connectivity index is 1.50. The molecule has 4 rings (SSSR count). The van der Waals surface area contributed by atoms with Gasteiger partial charge >= 0.3 is 0 Å². The van der Waals surface area contributed by atoms with Gasteiger partial charge in [-0.2, -0.15) is 0 Å². The van der Waals surface area contributed by atoms with Crippen molar-refractivity contribution in [2.24, 2.45) is 5.92 Å². The molecule has 7 heteroatoms. The fraction of sp³-hybridized carbons (Fsp3) is 0.367. The molecule has 3 aromatic rings. The number of nitrogens with one attached hydrogen (secondary N) is 1. The summed E-state index contributed by atoms with van der Waals surface area (Å²) in [6, 6.07) is 21.8. The first-order valence-electron chi connectivity index (χ1n) is 12.9. The highest BCUT2D eigenvalue weighted by Gasteiger charge is 2.28. The zero-order chi connectivity index (χ0) is 26.6. The van der Waals surface area contributed by atoms with Crippen LogP contribution in [0.1, 0.15) is 49.4 Å². The van der Waals surface area contributed by atoms with Crippen molar-refractivity contribution in [1.82, 2.24) is 5.32 Å². The highest BCUT2D eigenvalue weighted by Crippen LogP contribution is 2.28. The molecular weight excluding hydrogens is 482 g/mol. The number of amides is 1. The molecule has 1 unspecified atom stereocenters. The van der Waals surface area contributed by atoms with Crippen LogP contribution in [0.15, 0.2) is 77.7 Å². The molecule has 6 nitrogen and oxygen atoms in total. The number of aryl methyl sites for hydroxylation is 2. The molecule has 0 bridgehead atoms. The molecule has 37 heavy (non-hydrogen) atoms. The van der Waals surface area contributed by atoms with Gasteiger partial charge in [0.2, 0.25) is 5.91 Å². The van der Waals surface area contributed by atoms with Crippen LogP contribution in [0.2, 0.25) is 0 Å². The predicted octanol–water partition coefficient (Wildman–Crippen LogP) is 5.61. The van der Waals surface area contributed by atoms with Crippen LogP contribution in [0, 0.1) is 19.8 Å². The molecule has 1 atom stereocenters. The van der Waals surface area contributed by atoms with Crippen molar-refractivity contribution in [3.8, 4) is 0 Å². The van der Waals surface area contributed by atoms with Crippen molar-refractivity contribution in [3.63, 3.8) is 0 Å². The molecule has 1 aliphatic heterocycles. The summed E-state index contributed by atoms with van der Waals surface area (Å²) < 4.78 is 28.4. The van der Waals surface area contributed by atoms with Crippen molar-refractivity contribution in [1.29, 1.82) is 0 Å². The summed E-state index contributed by atoms with van der Waals surface area (Å²) in [6.45, 7) is 9.86. The number of benzene rings is 3. The van der Waals surface area contributed by atoms with Crippen LogP contribution in [0.3, 0.4) is 0 Å². The van der Waals surface area contributed by atoms with E-state index in [1.807, 2.05) is 45.0 Å². The molecule has 0 radical (unpaired) electrons. The summed E-state index contributed by atoms with van der Waals surface area (Å²) in [5, 5.41) is 3.00. The lowest BCUT2D eigenvalue weighted by Crippen LogP contribution is -2.42. The van der Waals surface area contributed by atoms with Crippen LogP contribution < -0.4 is 14.5 Å². The third-order valence-electron chi connectivity index (χ3n) is 7.16. The van der Waals surface area contributed by atoms with Crippen LogP contribution in [0.4, 0.5) is 11.4 Å². The van der Waals surface area contributed by atoms with Gasteiger partial charge < -0.3 is 10.2 Å². The first-order valence-corrected chi connectivity index (χ1v) is 14.4. The van der Waals surface area contributed by atoms with Crippen molar-refractivity contribution in [3.05, 3.63) is 89.5 Å². The van der Waals surface area contributed by atoms with Crippen LogP contribution in [-0.4, -0.2) is 34.0 Å². The zero-order valence-electron chi connectivity index (χ0n) is 22.1. The summed E-state index contributed by atoms with van der Waals surface area (Å²) in [7, 11) is -3.94. The second-order valence-corrected chi connectivity index (χ2v) is 12.0. The number of sulfonamides is 1. The minimum atomic E-state index is -3.94. The lowest BCUT2D eigenvalue weighted by atomic mass is 9.98. The van der Waals surface area contributed by atoms with Gasteiger partial charge in [-0.1, -0.05) is 55.0 Å². The van der Waals surface area contributed by atoms with Crippen LogP contribution in [0.5, 0.6) is 0 Å². The largest absolute Gasteiger partial charge is 0.372 e. The predicted molar refractivity (Wildman–Crippen MR) is 151 cm³/mol. The Hall–Kier alpha value is -3.32. The molecule has 1 amide bonds. The summed E-state index contributed by atoms with van der Waals surface area (Å²) in [5.74, 6) is 0.417. The second-order valence-electron chi connectivity index (χ2n) is 10.2. The average molecular weight is 520 g/mol. The molecule has 196 valence electrons. The number of hydrogen-bond donors (Lipinski definition) is 1. The van der Waals surface area contributed by atoms with Gasteiger partial charge in [-0.25, -0.2) is 8.42 Å². The SMILES string of the molecule is Cc1ccc(N(CC(=O)NC(C)c2ccc(N3CCC(C)CC3)cc2)S(=O)(=O)c2ccccc2)c(C)c1. The highest BCUT2D eigenvalue weighted by atomic mass is 32.2. The topological polar surface area (TPSA) is 69.7 Å². The Kier molecular flexibility index (Phi) is 8.22. The molecule has 1 fully saturated rings. The van der Waals surface area contributed by atoms with E-state index in [1.165, 1.54) is 22.8 Å². The van der Waals surface area contributed by atoms with Crippen LogP contribution >= 0.6 is 0 Å². The van der Waals surface area contributed by atoms with Crippen molar-refractivity contribution in [2.45, 2.75) is 51.5 Å². The van der Waals surface area contributed by atoms with Crippen molar-refractivity contribution < 1.29 is 13.2 Å². The molecule has 3 aromatic carbocycles. The maximum atomic E-state index is 13.6. The van der Waals surface area contributed by atoms with E-state index in [4.69, 9.17) is 0 Å². The third-order valence-corrected chi connectivity index (χ3v) is 8.93. The number of carbonyl (C=O) groups excluding carboxylic acids is 1. The lowest BCUT2D eigenvalue weighted by molar-refractivity contribution is -0.120. The van der Waals surface area contributed by atoms with Gasteiger partial charge in [-0.05, 0) is 81.0 Å². The maximum absolute atomic E-state index is 13.6. The number of piperidine rings is 1. The Morgan fingerprint density at radius 3 is 2.27 bits per heavy atom. The summed E-state index contributed by atoms with van der Waals surface area (Å²) in [5.41, 5.74) is 4.50. The van der Waals surface area contributed by atoms with Gasteiger partial charge in [-0.15, -0.1) is 0 Å². The van der Waals surface area contributed by atoms with Crippen LogP contribution in [0.25, 0.3) is 0 Å². The number of nitrogens with zero attached hydrogens (tertiary/aromatic N) is 2. The summed E-state index contributed by atoms with van der Waals surface area (Å²) in [4.78, 5) is 15.7. The minimum Gasteiger partial charge on any atom is -0.372 e. The normalized spacial score (nSPS) is 15.3. The number of rotatable bonds is 8. The second kappa shape index (κ2) is 11.4. The highest BCUT2D eigenvalue weighted by molar-refractivity contribution is 7.92. The fourth-order valence-electron chi connectivity index (χ4n) is 4.85. The van der Waals surface area contributed by atoms with Crippen molar-refractivity contribution >= 4 is 27.3 Å². The first-order chi connectivity index (χ1) is 17.6. The van der Waals surface area contributed by atoms with Gasteiger partial charge in [-0.3, -0.25) is 9.10 Å². The molecule has 0 aliphatic carbocycles. The lowest BCUT2D eigenvalue weighted by Gasteiger charge is -2.32. The molecular formula is C30H37N3O3S. The van der Waals surface area contributed by atoms with E-state index in [1.54, 1.807) is 36.4 Å². The van der Waals surface area contributed by atoms with Crippen molar-refractivity contribution in [2.75, 3.05) is 28.8 Å². The van der Waals surface area contributed by atoms with Gasteiger partial charge in [0.15, 0.2) is 0 Å². The summed E-state index contributed by atoms with van der Waals surface area (Å²) >= 11 is 0. The van der Waals surface area contributed by atoms with Gasteiger partial charge in [0.25, 0.3) is 10.0 Å². The van der Waals surface area contributed by atoms with Gasteiger partial charge in [0, 0.05) is 18.8 Å². The fourth-order valence-corrected chi connectivity index (χ4v) is 6.35. The molecule has 1 saturated heterocycles. The Morgan fingerprint density at radius 1 is 1.00 bits per heavy atom.